The first-order chi connectivity index (χ1) is 11.2. The highest BCUT2D eigenvalue weighted by Gasteiger charge is 2.18. The largest absolute Gasteiger partial charge is 0.398 e. The molecule has 4 heteroatoms. The van der Waals surface area contributed by atoms with Crippen LogP contribution in [0.3, 0.4) is 0 Å². The number of nitrogens with two attached hydrogens (primary N) is 1. The molecular formula is C19H18N2O2. The van der Waals surface area contributed by atoms with Gasteiger partial charge in [0.05, 0.1) is 5.69 Å². The Bertz CT molecular complexity index is 882. The molecule has 4 N–H and O–H groups in total. The van der Waals surface area contributed by atoms with Crippen molar-refractivity contribution in [3.63, 3.8) is 0 Å². The van der Waals surface area contributed by atoms with Gasteiger partial charge in [0.25, 0.3) is 0 Å². The monoisotopic (exact) mass is 306 g/mol. The van der Waals surface area contributed by atoms with Crippen LogP contribution in [0.15, 0.2) is 59.8 Å². The first kappa shape index (κ1) is 15.1. The molecular weight excluding hydrogens is 288 g/mol. The molecule has 1 aromatic heterocycles. The Morgan fingerprint density at radius 3 is 2.78 bits per heavy atom. The minimum absolute atomic E-state index is 0.284. The lowest BCUT2D eigenvalue weighted by atomic mass is 10.0. The summed E-state index contributed by atoms with van der Waals surface area (Å²) in [6.07, 6.45) is 8.51. The van der Waals surface area contributed by atoms with Crippen LogP contribution >= 0.6 is 0 Å². The lowest BCUT2D eigenvalue weighted by molar-refractivity contribution is -0.105. The maximum Gasteiger partial charge on any atom is 0.148 e. The van der Waals surface area contributed by atoms with Crippen molar-refractivity contribution >= 4 is 28.8 Å². The van der Waals surface area contributed by atoms with Gasteiger partial charge in [0.2, 0.25) is 0 Å². The molecule has 0 saturated carbocycles. The first-order valence-corrected chi connectivity index (χ1v) is 7.42. The van der Waals surface area contributed by atoms with Crippen LogP contribution in [0.5, 0.6) is 0 Å². The smallest absolute Gasteiger partial charge is 0.148 e. The lowest BCUT2D eigenvalue weighted by Gasteiger charge is -2.08. The number of aliphatic hydroxyl groups is 1. The van der Waals surface area contributed by atoms with E-state index in [0.717, 1.165) is 27.7 Å². The van der Waals surface area contributed by atoms with Gasteiger partial charge in [-0.1, -0.05) is 42.5 Å². The van der Waals surface area contributed by atoms with Crippen LogP contribution in [0.25, 0.3) is 22.6 Å². The Morgan fingerprint density at radius 2 is 2.04 bits per heavy atom. The first-order valence-electron chi connectivity index (χ1n) is 7.42. The number of hydrogen-bond donors (Lipinski definition) is 3. The predicted octanol–water partition coefficient (Wildman–Crippen LogP) is 2.93. The van der Waals surface area contributed by atoms with E-state index in [0.29, 0.717) is 12.0 Å². The summed E-state index contributed by atoms with van der Waals surface area (Å²) in [5, 5.41) is 11.1. The second-order valence-corrected chi connectivity index (χ2v) is 5.39. The fourth-order valence-electron chi connectivity index (χ4n) is 2.78. The number of allylic oxidation sites excluding steroid dienone is 4. The van der Waals surface area contributed by atoms with Gasteiger partial charge in [-0.2, -0.15) is 0 Å². The molecule has 0 fully saturated rings. The van der Waals surface area contributed by atoms with Gasteiger partial charge in [-0.3, -0.25) is 4.79 Å². The SMILES string of the molecule is C/C=C\c1c(C2=CC=C(C=O)C(O)C=C2N)[nH]c2ccccc12. The second-order valence-electron chi connectivity index (χ2n) is 5.39. The molecule has 0 radical (unpaired) electrons. The summed E-state index contributed by atoms with van der Waals surface area (Å²) in [5.41, 5.74) is 10.5. The fraction of sp³-hybridized carbons (Fsp3) is 0.105. The van der Waals surface area contributed by atoms with Gasteiger partial charge in [0, 0.05) is 33.3 Å². The number of benzene rings is 1. The van der Waals surface area contributed by atoms with Crippen molar-refractivity contribution in [2.24, 2.45) is 5.73 Å². The van der Waals surface area contributed by atoms with Crippen LogP contribution in [0.1, 0.15) is 18.2 Å². The van der Waals surface area contributed by atoms with Crippen molar-refractivity contribution < 1.29 is 9.90 Å². The number of para-hydroxylation sites is 1. The Kier molecular flexibility index (Phi) is 4.00. The third-order valence-electron chi connectivity index (χ3n) is 3.92. The predicted molar refractivity (Wildman–Crippen MR) is 93.4 cm³/mol. The number of carbonyl (C=O) groups excluding carboxylic acids is 1. The number of H-pyrrole nitrogens is 1. The maximum absolute atomic E-state index is 11.0. The quantitative estimate of drug-likeness (QED) is 0.763. The molecule has 4 nitrogen and oxygen atoms in total. The molecule has 0 saturated heterocycles. The number of aliphatic hydroxyl groups excluding tert-OH is 1. The van der Waals surface area contributed by atoms with Crippen LogP contribution in [-0.4, -0.2) is 22.5 Å². The summed E-state index contributed by atoms with van der Waals surface area (Å²) in [7, 11) is 0. The zero-order valence-corrected chi connectivity index (χ0v) is 12.8. The normalized spacial score (nSPS) is 18.5. The number of fused-ring (bicyclic) bond motifs is 1. The zero-order valence-electron chi connectivity index (χ0n) is 12.8. The van der Waals surface area contributed by atoms with E-state index >= 15 is 0 Å². The number of carbonyl (C=O) groups is 1. The molecule has 0 amide bonds. The zero-order chi connectivity index (χ0) is 16.4. The van der Waals surface area contributed by atoms with E-state index in [4.69, 9.17) is 5.73 Å². The number of aromatic amines is 1. The van der Waals surface area contributed by atoms with Gasteiger partial charge in [-0.25, -0.2) is 0 Å². The van der Waals surface area contributed by atoms with E-state index < -0.39 is 6.10 Å². The van der Waals surface area contributed by atoms with Gasteiger partial charge < -0.3 is 15.8 Å². The lowest BCUT2D eigenvalue weighted by Crippen LogP contribution is -2.10. The number of hydrogen-bond acceptors (Lipinski definition) is 3. The Morgan fingerprint density at radius 1 is 1.26 bits per heavy atom. The summed E-state index contributed by atoms with van der Waals surface area (Å²) < 4.78 is 0. The molecule has 1 aliphatic carbocycles. The van der Waals surface area contributed by atoms with Crippen LogP contribution in [0.4, 0.5) is 0 Å². The van der Waals surface area contributed by atoms with Crippen molar-refractivity contribution in [2.75, 3.05) is 0 Å². The summed E-state index contributed by atoms with van der Waals surface area (Å²) in [4.78, 5) is 14.4. The summed E-state index contributed by atoms with van der Waals surface area (Å²) in [6, 6.07) is 8.01. The number of nitrogens with one attached hydrogen (secondary N) is 1. The third-order valence-corrected chi connectivity index (χ3v) is 3.92. The van der Waals surface area contributed by atoms with Crippen LogP contribution < -0.4 is 5.73 Å². The molecule has 3 rings (SSSR count). The minimum atomic E-state index is -0.990. The topological polar surface area (TPSA) is 79.1 Å². The van der Waals surface area contributed by atoms with Crippen molar-refractivity contribution in [3.8, 4) is 0 Å². The van der Waals surface area contributed by atoms with Gasteiger partial charge in [0.1, 0.15) is 12.4 Å². The summed E-state index contributed by atoms with van der Waals surface area (Å²) in [5.74, 6) is 0. The average molecular weight is 306 g/mol. The van der Waals surface area contributed by atoms with Gasteiger partial charge >= 0.3 is 0 Å². The molecule has 23 heavy (non-hydrogen) atoms. The molecule has 1 unspecified atom stereocenters. The van der Waals surface area contributed by atoms with E-state index in [-0.39, 0.29) is 5.57 Å². The summed E-state index contributed by atoms with van der Waals surface area (Å²) >= 11 is 0. The highest BCUT2D eigenvalue weighted by molar-refractivity contribution is 5.97. The van der Waals surface area contributed by atoms with E-state index in [9.17, 15) is 9.90 Å². The number of rotatable bonds is 3. The van der Waals surface area contributed by atoms with Crippen molar-refractivity contribution in [1.82, 2.24) is 4.98 Å². The molecule has 116 valence electrons. The maximum atomic E-state index is 11.0. The molecule has 1 atom stereocenters. The molecule has 1 aromatic carbocycles. The van der Waals surface area contributed by atoms with E-state index in [1.165, 1.54) is 6.08 Å². The molecule has 1 heterocycles. The van der Waals surface area contributed by atoms with Crippen molar-refractivity contribution in [2.45, 2.75) is 13.0 Å². The highest BCUT2D eigenvalue weighted by atomic mass is 16.3. The van der Waals surface area contributed by atoms with Crippen LogP contribution in [0, 0.1) is 0 Å². The molecule has 2 aromatic rings. The van der Waals surface area contributed by atoms with Crippen molar-refractivity contribution in [3.05, 3.63) is 71.1 Å². The second kappa shape index (κ2) is 6.10. The molecule has 1 aliphatic rings. The van der Waals surface area contributed by atoms with E-state index in [1.807, 2.05) is 43.3 Å². The Hall–Kier alpha value is -2.85. The minimum Gasteiger partial charge on any atom is -0.398 e. The van der Waals surface area contributed by atoms with Crippen LogP contribution in [0.2, 0.25) is 0 Å². The van der Waals surface area contributed by atoms with Crippen molar-refractivity contribution in [1.29, 1.82) is 0 Å². The average Bonchev–Trinajstić information content (AvgIpc) is 2.82. The van der Waals surface area contributed by atoms with Gasteiger partial charge in [0.15, 0.2) is 0 Å². The van der Waals surface area contributed by atoms with E-state index in [2.05, 4.69) is 4.98 Å². The van der Waals surface area contributed by atoms with E-state index in [1.54, 1.807) is 12.2 Å². The molecule has 0 bridgehead atoms. The van der Waals surface area contributed by atoms with Gasteiger partial charge in [-0.05, 0) is 19.1 Å². The third kappa shape index (κ3) is 2.64. The Balaban J connectivity index is 2.25. The summed E-state index contributed by atoms with van der Waals surface area (Å²) in [6.45, 7) is 1.96. The fourth-order valence-corrected chi connectivity index (χ4v) is 2.78. The number of aldehydes is 1. The standard InChI is InChI=1S/C19H18N2O2/c1-2-5-14-13-6-3-4-7-17(13)21-19(14)15-9-8-12(11-22)18(23)10-16(15)20/h2-11,18,21,23H,20H2,1H3/b5-2-. The molecule has 0 spiro atoms. The Labute approximate surface area is 134 Å². The molecule has 0 aliphatic heterocycles. The number of aromatic nitrogens is 1. The highest BCUT2D eigenvalue weighted by Crippen LogP contribution is 2.32. The van der Waals surface area contributed by atoms with Gasteiger partial charge in [-0.15, -0.1) is 0 Å². The van der Waals surface area contributed by atoms with Crippen LogP contribution in [-0.2, 0) is 4.79 Å².